The number of rotatable bonds is 5. The summed E-state index contributed by atoms with van der Waals surface area (Å²) in [7, 11) is 0. The summed E-state index contributed by atoms with van der Waals surface area (Å²) in [6.07, 6.45) is 0. The number of benzene rings is 1. The number of esters is 1. The molecule has 0 unspecified atom stereocenters. The van der Waals surface area contributed by atoms with E-state index in [1.807, 2.05) is 11.5 Å². The Morgan fingerprint density at radius 3 is 2.40 bits per heavy atom. The summed E-state index contributed by atoms with van der Waals surface area (Å²) < 4.78 is 4.64. The molecule has 1 aromatic carbocycles. The molecule has 0 atom stereocenters. The Balaban J connectivity index is 2.69. The molecule has 130 valence electrons. The lowest BCUT2D eigenvalue weighted by molar-refractivity contribution is -0.136. The Morgan fingerprint density at radius 2 is 1.88 bits per heavy atom. The van der Waals surface area contributed by atoms with Crippen molar-refractivity contribution in [2.45, 2.75) is 13.8 Å². The van der Waals surface area contributed by atoms with Gasteiger partial charge in [0.15, 0.2) is 0 Å². The van der Waals surface area contributed by atoms with E-state index in [9.17, 15) is 14.4 Å². The molecule has 1 aromatic rings. The van der Waals surface area contributed by atoms with Crippen molar-refractivity contribution in [2.75, 3.05) is 11.9 Å². The van der Waals surface area contributed by atoms with Crippen molar-refractivity contribution in [3.63, 3.8) is 0 Å². The van der Waals surface area contributed by atoms with Crippen molar-refractivity contribution in [3.8, 4) is 6.07 Å². The monoisotopic (exact) mass is 345 g/mol. The molecular weight excluding hydrogens is 330 g/mol. The van der Waals surface area contributed by atoms with E-state index < -0.39 is 23.5 Å². The van der Waals surface area contributed by atoms with E-state index in [2.05, 4.69) is 20.3 Å². The van der Waals surface area contributed by atoms with Crippen LogP contribution in [0.15, 0.2) is 34.5 Å². The highest BCUT2D eigenvalue weighted by Gasteiger charge is 2.19. The largest absolute Gasteiger partial charge is 0.461 e. The Hall–Kier alpha value is -3.74. The summed E-state index contributed by atoms with van der Waals surface area (Å²) in [5.74, 6) is -3.05. The highest BCUT2D eigenvalue weighted by molar-refractivity contribution is 6.65. The first-order chi connectivity index (χ1) is 11.9. The van der Waals surface area contributed by atoms with E-state index in [-0.39, 0.29) is 12.3 Å². The normalized spacial score (nSPS) is 11.2. The molecule has 10 nitrogen and oxygen atoms in total. The van der Waals surface area contributed by atoms with Crippen LogP contribution >= 0.6 is 0 Å². The van der Waals surface area contributed by atoms with Gasteiger partial charge in [-0.1, -0.05) is 5.16 Å². The maximum Gasteiger partial charge on any atom is 0.362 e. The second kappa shape index (κ2) is 9.41. The summed E-state index contributed by atoms with van der Waals surface area (Å²) in [6.45, 7) is 2.91. The van der Waals surface area contributed by atoms with Crippen LogP contribution in [0.3, 0.4) is 0 Å². The number of anilines is 1. The van der Waals surface area contributed by atoms with E-state index in [0.717, 1.165) is 0 Å². The van der Waals surface area contributed by atoms with Gasteiger partial charge in [-0.2, -0.15) is 10.4 Å². The average Bonchev–Trinajstić information content (AvgIpc) is 2.61. The highest BCUT2D eigenvalue weighted by Crippen LogP contribution is 2.08. The highest BCUT2D eigenvalue weighted by atomic mass is 16.5. The molecule has 0 radical (unpaired) electrons. The SMILES string of the molecule is CCOC(=O)C(=NO)C(C)=NNC(=O)C(=O)Nc1ccc(C#N)cc1. The molecule has 25 heavy (non-hydrogen) atoms. The van der Waals surface area contributed by atoms with Crippen LogP contribution in [0.1, 0.15) is 19.4 Å². The lowest BCUT2D eigenvalue weighted by Crippen LogP contribution is -2.34. The van der Waals surface area contributed by atoms with Gasteiger partial charge in [-0.25, -0.2) is 10.2 Å². The third-order valence-electron chi connectivity index (χ3n) is 2.71. The van der Waals surface area contributed by atoms with E-state index >= 15 is 0 Å². The summed E-state index contributed by atoms with van der Waals surface area (Å²) >= 11 is 0. The van der Waals surface area contributed by atoms with Gasteiger partial charge < -0.3 is 15.3 Å². The average molecular weight is 345 g/mol. The van der Waals surface area contributed by atoms with E-state index in [0.29, 0.717) is 11.3 Å². The minimum atomic E-state index is -1.11. The molecule has 10 heteroatoms. The lowest BCUT2D eigenvalue weighted by atomic mass is 10.2. The molecule has 0 aliphatic heterocycles. The van der Waals surface area contributed by atoms with Gasteiger partial charge in [0.2, 0.25) is 5.71 Å². The zero-order valence-electron chi connectivity index (χ0n) is 13.4. The van der Waals surface area contributed by atoms with Gasteiger partial charge in [-0.3, -0.25) is 9.59 Å². The summed E-state index contributed by atoms with van der Waals surface area (Å²) in [4.78, 5) is 34.9. The topological polar surface area (TPSA) is 153 Å². The molecule has 1 rings (SSSR count). The maximum absolute atomic E-state index is 11.7. The second-order valence-corrected chi connectivity index (χ2v) is 4.45. The number of ether oxygens (including phenoxy) is 1. The minimum Gasteiger partial charge on any atom is -0.461 e. The summed E-state index contributed by atoms with van der Waals surface area (Å²) in [6, 6.07) is 7.77. The molecule has 0 bridgehead atoms. The van der Waals surface area contributed by atoms with Crippen LogP contribution in [0.25, 0.3) is 0 Å². The third-order valence-corrected chi connectivity index (χ3v) is 2.71. The van der Waals surface area contributed by atoms with Crippen molar-refractivity contribution in [1.29, 1.82) is 5.26 Å². The lowest BCUT2D eigenvalue weighted by Gasteiger charge is -2.05. The van der Waals surface area contributed by atoms with Crippen LogP contribution in [0.2, 0.25) is 0 Å². The van der Waals surface area contributed by atoms with Crippen LogP contribution in [0, 0.1) is 11.3 Å². The first kappa shape index (κ1) is 19.3. The van der Waals surface area contributed by atoms with Gasteiger partial charge in [0.1, 0.15) is 0 Å². The van der Waals surface area contributed by atoms with Crippen LogP contribution < -0.4 is 10.7 Å². The number of hydrogen-bond donors (Lipinski definition) is 3. The molecule has 3 N–H and O–H groups in total. The molecule has 0 fully saturated rings. The van der Waals surface area contributed by atoms with Crippen LogP contribution in [0.4, 0.5) is 5.69 Å². The number of carbonyl (C=O) groups excluding carboxylic acids is 3. The van der Waals surface area contributed by atoms with Crippen molar-refractivity contribution in [3.05, 3.63) is 29.8 Å². The van der Waals surface area contributed by atoms with Crippen LogP contribution in [-0.2, 0) is 19.1 Å². The molecule has 0 aliphatic carbocycles. The molecule has 0 saturated carbocycles. The van der Waals surface area contributed by atoms with Crippen LogP contribution in [0.5, 0.6) is 0 Å². The Morgan fingerprint density at radius 1 is 1.24 bits per heavy atom. The molecule has 0 aliphatic rings. The van der Waals surface area contributed by atoms with Gasteiger partial charge in [-0.05, 0) is 38.1 Å². The van der Waals surface area contributed by atoms with Crippen molar-refractivity contribution < 1.29 is 24.3 Å². The minimum absolute atomic E-state index is 0.0600. The van der Waals surface area contributed by atoms with Crippen LogP contribution in [-0.4, -0.2) is 41.0 Å². The van der Waals surface area contributed by atoms with Gasteiger partial charge >= 0.3 is 17.8 Å². The summed E-state index contributed by atoms with van der Waals surface area (Å²) in [5.41, 5.74) is 1.97. The molecule has 0 heterocycles. The standard InChI is InChI=1S/C15H15N5O5/c1-3-25-15(23)12(20-24)9(2)18-19-14(22)13(21)17-11-6-4-10(8-16)5-7-11/h4-7,24H,3H2,1-2H3,(H,17,21)(H,19,22). The second-order valence-electron chi connectivity index (χ2n) is 4.45. The number of carbonyl (C=O) groups is 3. The number of hydrazone groups is 1. The molecule has 0 aromatic heterocycles. The predicted octanol–water partition coefficient (Wildman–Crippen LogP) is 0.382. The Bertz CT molecular complexity index is 762. The molecule has 0 saturated heterocycles. The maximum atomic E-state index is 11.7. The van der Waals surface area contributed by atoms with Gasteiger partial charge in [-0.15, -0.1) is 0 Å². The van der Waals surface area contributed by atoms with Crippen molar-refractivity contribution in [2.24, 2.45) is 10.3 Å². The predicted molar refractivity (Wildman–Crippen MR) is 86.9 cm³/mol. The number of nitriles is 1. The molecule has 0 spiro atoms. The van der Waals surface area contributed by atoms with Gasteiger partial charge in [0.05, 0.1) is 24.0 Å². The first-order valence-electron chi connectivity index (χ1n) is 6.98. The van der Waals surface area contributed by atoms with E-state index in [1.54, 1.807) is 6.92 Å². The third kappa shape index (κ3) is 5.76. The number of nitrogens with one attached hydrogen (secondary N) is 2. The zero-order chi connectivity index (χ0) is 18.8. The fraction of sp³-hybridized carbons (Fsp3) is 0.200. The first-order valence-corrected chi connectivity index (χ1v) is 6.98. The van der Waals surface area contributed by atoms with Crippen molar-refractivity contribution >= 4 is 34.9 Å². The summed E-state index contributed by atoms with van der Waals surface area (Å²) in [5, 5.41) is 26.0. The number of nitrogens with zero attached hydrogens (tertiary/aromatic N) is 3. The number of hydrogen-bond acceptors (Lipinski definition) is 8. The Kier molecular flexibility index (Phi) is 7.27. The molecular formula is C15H15N5O5. The van der Waals surface area contributed by atoms with Gasteiger partial charge in [0.25, 0.3) is 0 Å². The fourth-order valence-corrected chi connectivity index (χ4v) is 1.51. The Labute approximate surface area is 142 Å². The smallest absolute Gasteiger partial charge is 0.362 e. The fourth-order valence-electron chi connectivity index (χ4n) is 1.51. The quantitative estimate of drug-likeness (QED) is 0.230. The van der Waals surface area contributed by atoms with Crippen molar-refractivity contribution in [1.82, 2.24) is 5.43 Å². The molecule has 2 amide bonds. The number of amides is 2. The zero-order valence-corrected chi connectivity index (χ0v) is 13.4. The van der Waals surface area contributed by atoms with E-state index in [4.69, 9.17) is 10.5 Å². The van der Waals surface area contributed by atoms with E-state index in [1.165, 1.54) is 31.2 Å². The van der Waals surface area contributed by atoms with Gasteiger partial charge in [0, 0.05) is 5.69 Å². The number of oxime groups is 1.